The minimum absolute atomic E-state index is 0.0510. The number of alkyl halides is 3. The molecule has 2 aliphatic heterocycles. The van der Waals surface area contributed by atoms with Crippen LogP contribution in [0.1, 0.15) is 24.4 Å². The number of ether oxygens (including phenoxy) is 1. The second kappa shape index (κ2) is 7.51. The lowest BCUT2D eigenvalue weighted by Crippen LogP contribution is -2.42. The van der Waals surface area contributed by atoms with Crippen molar-refractivity contribution < 1.29 is 22.7 Å². The highest BCUT2D eigenvalue weighted by Crippen LogP contribution is 2.31. The quantitative estimate of drug-likeness (QED) is 0.871. The van der Waals surface area contributed by atoms with Crippen molar-refractivity contribution in [2.75, 3.05) is 32.8 Å². The van der Waals surface area contributed by atoms with Gasteiger partial charge in [0.05, 0.1) is 19.2 Å². The maximum Gasteiger partial charge on any atom is 0.401 e. The van der Waals surface area contributed by atoms with Gasteiger partial charge in [0.1, 0.15) is 5.75 Å². The van der Waals surface area contributed by atoms with Crippen LogP contribution in [-0.2, 0) is 0 Å². The van der Waals surface area contributed by atoms with E-state index in [2.05, 4.69) is 10.6 Å². The Labute approximate surface area is 144 Å². The number of hydrogen-bond acceptors (Lipinski definition) is 3. The number of likely N-dealkylation sites (tertiary alicyclic amines) is 1. The van der Waals surface area contributed by atoms with Gasteiger partial charge in [-0.1, -0.05) is 18.2 Å². The molecule has 1 aromatic carbocycles. The molecule has 1 fully saturated rings. The zero-order valence-corrected chi connectivity index (χ0v) is 13.8. The normalized spacial score (nSPS) is 23.6. The molecule has 2 N–H and O–H groups in total. The third-order valence-electron chi connectivity index (χ3n) is 4.59. The smallest absolute Gasteiger partial charge is 0.401 e. The summed E-state index contributed by atoms with van der Waals surface area (Å²) < 4.78 is 42.8. The number of urea groups is 1. The van der Waals surface area contributed by atoms with Gasteiger partial charge < -0.3 is 15.4 Å². The van der Waals surface area contributed by atoms with Gasteiger partial charge in [-0.15, -0.1) is 0 Å². The second-order valence-electron chi connectivity index (χ2n) is 6.59. The number of carbonyl (C=O) groups excluding carboxylic acids is 1. The van der Waals surface area contributed by atoms with Crippen molar-refractivity contribution in [3.63, 3.8) is 0 Å². The number of nitrogens with zero attached hydrogens (tertiary/aromatic N) is 1. The van der Waals surface area contributed by atoms with Crippen LogP contribution in [0.4, 0.5) is 18.0 Å². The highest BCUT2D eigenvalue weighted by Gasteiger charge is 2.34. The van der Waals surface area contributed by atoms with Crippen LogP contribution in [0.5, 0.6) is 5.75 Å². The number of hydrogen-bond donors (Lipinski definition) is 2. The van der Waals surface area contributed by atoms with E-state index in [0.717, 1.165) is 11.3 Å². The monoisotopic (exact) mass is 357 g/mol. The molecule has 0 saturated carbocycles. The van der Waals surface area contributed by atoms with Crippen molar-refractivity contribution in [1.82, 2.24) is 15.5 Å². The van der Waals surface area contributed by atoms with Crippen LogP contribution in [0.2, 0.25) is 0 Å². The molecule has 8 heteroatoms. The fraction of sp³-hybridized carbons (Fsp3) is 0.588. The van der Waals surface area contributed by atoms with Gasteiger partial charge in [-0.3, -0.25) is 4.90 Å². The maximum absolute atomic E-state index is 12.4. The number of fused-ring (bicyclic) bond motifs is 1. The van der Waals surface area contributed by atoms with E-state index in [9.17, 15) is 18.0 Å². The first-order chi connectivity index (χ1) is 11.9. The van der Waals surface area contributed by atoms with E-state index >= 15 is 0 Å². The molecule has 25 heavy (non-hydrogen) atoms. The highest BCUT2D eigenvalue weighted by atomic mass is 19.4. The predicted molar refractivity (Wildman–Crippen MR) is 86.4 cm³/mol. The van der Waals surface area contributed by atoms with Gasteiger partial charge in [0.15, 0.2) is 0 Å². The van der Waals surface area contributed by atoms with Crippen LogP contribution in [0.15, 0.2) is 24.3 Å². The predicted octanol–water partition coefficient (Wildman–Crippen LogP) is 2.69. The summed E-state index contributed by atoms with van der Waals surface area (Å²) in [6.07, 6.45) is -2.82. The fourth-order valence-corrected chi connectivity index (χ4v) is 3.41. The first kappa shape index (κ1) is 17.8. The van der Waals surface area contributed by atoms with Gasteiger partial charge in [0.2, 0.25) is 0 Å². The summed E-state index contributed by atoms with van der Waals surface area (Å²) in [6.45, 7) is 0.817. The number of nitrogens with one attached hydrogen (secondary N) is 2. The minimum atomic E-state index is -4.17. The van der Waals surface area contributed by atoms with E-state index in [1.165, 1.54) is 4.90 Å². The lowest BCUT2D eigenvalue weighted by molar-refractivity contribution is -0.143. The largest absolute Gasteiger partial charge is 0.493 e. The van der Waals surface area contributed by atoms with Gasteiger partial charge in [0, 0.05) is 25.1 Å². The molecule has 0 bridgehead atoms. The Balaban J connectivity index is 1.44. The van der Waals surface area contributed by atoms with Gasteiger partial charge in [-0.05, 0) is 24.9 Å². The molecule has 1 aromatic rings. The van der Waals surface area contributed by atoms with Crippen LogP contribution >= 0.6 is 0 Å². The van der Waals surface area contributed by atoms with E-state index < -0.39 is 12.7 Å². The summed E-state index contributed by atoms with van der Waals surface area (Å²) in [5.74, 6) is 0.827. The van der Waals surface area contributed by atoms with Gasteiger partial charge in [-0.25, -0.2) is 4.79 Å². The first-order valence-corrected chi connectivity index (χ1v) is 8.46. The molecular formula is C17H22F3N3O2. The molecule has 0 aromatic heterocycles. The third-order valence-corrected chi connectivity index (χ3v) is 4.59. The SMILES string of the molecule is O=C(NCC1CCN(CC(F)(F)F)C1)NC1CCOc2ccccc21. The van der Waals surface area contributed by atoms with Crippen LogP contribution in [-0.4, -0.2) is 49.9 Å². The van der Waals surface area contributed by atoms with E-state index in [1.54, 1.807) is 0 Å². The summed E-state index contributed by atoms with van der Waals surface area (Å²) in [5.41, 5.74) is 0.945. The Hall–Kier alpha value is -1.96. The average Bonchev–Trinajstić information content (AvgIpc) is 2.99. The lowest BCUT2D eigenvalue weighted by Gasteiger charge is -2.27. The van der Waals surface area contributed by atoms with Gasteiger partial charge in [0.25, 0.3) is 0 Å². The summed E-state index contributed by atoms with van der Waals surface area (Å²) in [4.78, 5) is 13.5. The van der Waals surface area contributed by atoms with E-state index in [1.807, 2.05) is 24.3 Å². The molecule has 0 spiro atoms. The number of rotatable bonds is 4. The maximum atomic E-state index is 12.4. The molecule has 5 nitrogen and oxygen atoms in total. The van der Waals surface area contributed by atoms with Crippen molar-refractivity contribution in [3.8, 4) is 5.75 Å². The molecule has 3 rings (SSSR count). The molecule has 138 valence electrons. The molecule has 0 radical (unpaired) electrons. The average molecular weight is 357 g/mol. The number of amides is 2. The summed E-state index contributed by atoms with van der Waals surface area (Å²) >= 11 is 0. The summed E-state index contributed by atoms with van der Waals surface area (Å²) in [5, 5.41) is 5.71. The third kappa shape index (κ3) is 5.01. The van der Waals surface area contributed by atoms with Crippen molar-refractivity contribution in [1.29, 1.82) is 0 Å². The molecule has 0 aliphatic carbocycles. The summed E-state index contributed by atoms with van der Waals surface area (Å²) in [6, 6.07) is 7.16. The Morgan fingerprint density at radius 3 is 2.88 bits per heavy atom. The number of benzene rings is 1. The number of halogens is 3. The Bertz CT molecular complexity index is 609. The van der Waals surface area contributed by atoms with Crippen LogP contribution < -0.4 is 15.4 Å². The lowest BCUT2D eigenvalue weighted by atomic mass is 10.0. The molecular weight excluding hydrogens is 335 g/mol. The van der Waals surface area contributed by atoms with Crippen LogP contribution in [0.25, 0.3) is 0 Å². The number of carbonyl (C=O) groups is 1. The molecule has 2 heterocycles. The van der Waals surface area contributed by atoms with Crippen LogP contribution in [0.3, 0.4) is 0 Å². The van der Waals surface area contributed by atoms with Crippen molar-refractivity contribution in [2.24, 2.45) is 5.92 Å². The minimum Gasteiger partial charge on any atom is -0.493 e. The standard InChI is InChI=1S/C17H22F3N3O2/c18-17(19,20)11-23-7-5-12(10-23)9-21-16(24)22-14-6-8-25-15-4-2-1-3-13(14)15/h1-4,12,14H,5-11H2,(H2,21,22,24). The Morgan fingerprint density at radius 1 is 1.28 bits per heavy atom. The molecule has 2 unspecified atom stereocenters. The molecule has 2 aliphatic rings. The van der Waals surface area contributed by atoms with E-state index in [0.29, 0.717) is 39.1 Å². The molecule has 2 atom stereocenters. The van der Waals surface area contributed by atoms with E-state index in [-0.39, 0.29) is 18.0 Å². The van der Waals surface area contributed by atoms with Gasteiger partial charge >= 0.3 is 12.2 Å². The second-order valence-corrected chi connectivity index (χ2v) is 6.59. The van der Waals surface area contributed by atoms with E-state index in [4.69, 9.17) is 4.74 Å². The zero-order valence-electron chi connectivity index (χ0n) is 13.8. The summed E-state index contributed by atoms with van der Waals surface area (Å²) in [7, 11) is 0. The first-order valence-electron chi connectivity index (χ1n) is 8.46. The fourth-order valence-electron chi connectivity index (χ4n) is 3.41. The highest BCUT2D eigenvalue weighted by molar-refractivity contribution is 5.74. The van der Waals surface area contributed by atoms with Crippen molar-refractivity contribution in [2.45, 2.75) is 25.1 Å². The zero-order chi connectivity index (χ0) is 17.9. The molecule has 1 saturated heterocycles. The van der Waals surface area contributed by atoms with Crippen molar-refractivity contribution >= 4 is 6.03 Å². The Kier molecular flexibility index (Phi) is 5.36. The molecule has 2 amide bonds. The van der Waals surface area contributed by atoms with Crippen LogP contribution in [0, 0.1) is 5.92 Å². The number of para-hydroxylation sites is 1. The Morgan fingerprint density at radius 2 is 2.08 bits per heavy atom. The van der Waals surface area contributed by atoms with Crippen molar-refractivity contribution in [3.05, 3.63) is 29.8 Å². The van der Waals surface area contributed by atoms with Gasteiger partial charge in [-0.2, -0.15) is 13.2 Å². The topological polar surface area (TPSA) is 53.6 Å².